The molecule has 4 heteroatoms. The third-order valence-electron chi connectivity index (χ3n) is 1.45. The lowest BCUT2D eigenvalue weighted by Crippen LogP contribution is -2.13. The molecular formula is C8H8N2OS. The average Bonchev–Trinajstić information content (AvgIpc) is 2.51. The second-order valence-electron chi connectivity index (χ2n) is 2.37. The van der Waals surface area contributed by atoms with E-state index in [1.165, 1.54) is 11.3 Å². The van der Waals surface area contributed by atoms with Crippen LogP contribution < -0.4 is 5.73 Å². The molecule has 12 heavy (non-hydrogen) atoms. The molecule has 62 valence electrons. The summed E-state index contributed by atoms with van der Waals surface area (Å²) in [5.41, 5.74) is 4.99. The third kappa shape index (κ3) is 2.07. The summed E-state index contributed by atoms with van der Waals surface area (Å²) < 4.78 is 0. The van der Waals surface area contributed by atoms with Crippen molar-refractivity contribution in [3.8, 4) is 6.07 Å². The van der Waals surface area contributed by atoms with Crippen LogP contribution in [-0.2, 0) is 4.79 Å². The maximum Gasteiger partial charge on any atom is 0.219 e. The molecule has 0 radical (unpaired) electrons. The van der Waals surface area contributed by atoms with Gasteiger partial charge in [0.05, 0.1) is 12.0 Å². The number of nitrogens with two attached hydrogens (primary N) is 1. The minimum atomic E-state index is -0.435. The molecule has 0 fully saturated rings. The monoisotopic (exact) mass is 180 g/mol. The van der Waals surface area contributed by atoms with Gasteiger partial charge < -0.3 is 5.73 Å². The summed E-state index contributed by atoms with van der Waals surface area (Å²) in [6.45, 7) is 0. The van der Waals surface area contributed by atoms with Gasteiger partial charge in [0.15, 0.2) is 0 Å². The second-order valence-corrected chi connectivity index (χ2v) is 3.35. The third-order valence-corrected chi connectivity index (χ3v) is 2.43. The number of primary amides is 1. The molecule has 1 heterocycles. The van der Waals surface area contributed by atoms with Crippen molar-refractivity contribution in [3.63, 3.8) is 0 Å². The van der Waals surface area contributed by atoms with Crippen molar-refractivity contribution < 1.29 is 4.79 Å². The van der Waals surface area contributed by atoms with Crippen molar-refractivity contribution in [1.82, 2.24) is 0 Å². The van der Waals surface area contributed by atoms with Crippen LogP contribution in [-0.4, -0.2) is 5.91 Å². The summed E-state index contributed by atoms with van der Waals surface area (Å²) in [6.07, 6.45) is 0.108. The van der Waals surface area contributed by atoms with Crippen molar-refractivity contribution >= 4 is 17.2 Å². The van der Waals surface area contributed by atoms with Crippen LogP contribution in [0.5, 0.6) is 0 Å². The van der Waals surface area contributed by atoms with Crippen molar-refractivity contribution in [1.29, 1.82) is 5.26 Å². The Hall–Kier alpha value is -1.34. The van der Waals surface area contributed by atoms with E-state index in [0.717, 1.165) is 4.88 Å². The maximum absolute atomic E-state index is 10.5. The number of hydrogen-bond acceptors (Lipinski definition) is 3. The predicted octanol–water partition coefficient (Wildman–Crippen LogP) is 1.23. The van der Waals surface area contributed by atoms with Crippen molar-refractivity contribution in [2.24, 2.45) is 5.73 Å². The smallest absolute Gasteiger partial charge is 0.219 e. The molecule has 3 nitrogen and oxygen atoms in total. The van der Waals surface area contributed by atoms with Gasteiger partial charge in [0.2, 0.25) is 5.91 Å². The summed E-state index contributed by atoms with van der Waals surface area (Å²) in [6, 6.07) is 5.73. The quantitative estimate of drug-likeness (QED) is 0.760. The minimum Gasteiger partial charge on any atom is -0.370 e. The fourth-order valence-corrected chi connectivity index (χ4v) is 1.67. The normalized spacial score (nSPS) is 11.9. The second kappa shape index (κ2) is 3.88. The molecule has 0 saturated carbocycles. The number of rotatable bonds is 3. The highest BCUT2D eigenvalue weighted by Gasteiger charge is 2.13. The van der Waals surface area contributed by atoms with Crippen LogP contribution in [0.2, 0.25) is 0 Å². The Bertz CT molecular complexity index is 299. The van der Waals surface area contributed by atoms with Crippen LogP contribution in [0.25, 0.3) is 0 Å². The molecule has 0 spiro atoms. The SMILES string of the molecule is N#CC(CC(N)=O)c1cccs1. The average molecular weight is 180 g/mol. The van der Waals surface area contributed by atoms with Crippen molar-refractivity contribution in [3.05, 3.63) is 22.4 Å². The molecule has 0 aromatic carbocycles. The number of carbonyl (C=O) groups excluding carboxylic acids is 1. The van der Waals surface area contributed by atoms with Gasteiger partial charge in [0.25, 0.3) is 0 Å². The number of nitriles is 1. The Balaban J connectivity index is 2.72. The lowest BCUT2D eigenvalue weighted by atomic mass is 10.1. The molecule has 1 aromatic heterocycles. The van der Waals surface area contributed by atoms with E-state index in [9.17, 15) is 4.79 Å². The molecule has 0 bridgehead atoms. The number of nitrogens with zero attached hydrogens (tertiary/aromatic N) is 1. The molecule has 1 aromatic rings. The molecule has 1 rings (SSSR count). The standard InChI is InChI=1S/C8H8N2OS/c9-5-6(4-8(10)11)7-2-1-3-12-7/h1-3,6H,4H2,(H2,10,11). The van der Waals surface area contributed by atoms with Crippen LogP contribution in [0.15, 0.2) is 17.5 Å². The summed E-state index contributed by atoms with van der Waals surface area (Å²) in [4.78, 5) is 11.4. The van der Waals surface area contributed by atoms with E-state index in [1.54, 1.807) is 0 Å². The molecule has 1 unspecified atom stereocenters. The topological polar surface area (TPSA) is 66.9 Å². The fraction of sp³-hybridized carbons (Fsp3) is 0.250. The summed E-state index contributed by atoms with van der Waals surface area (Å²) in [5, 5.41) is 10.6. The zero-order valence-corrected chi connectivity index (χ0v) is 7.17. The molecule has 0 aliphatic rings. The maximum atomic E-state index is 10.5. The van der Waals surface area contributed by atoms with Gasteiger partial charge in [-0.2, -0.15) is 5.26 Å². The lowest BCUT2D eigenvalue weighted by Gasteiger charge is -2.01. The highest BCUT2D eigenvalue weighted by Crippen LogP contribution is 2.22. The summed E-state index contributed by atoms with van der Waals surface area (Å²) in [5.74, 6) is -0.808. The first-order chi connectivity index (χ1) is 5.74. The molecule has 1 amide bonds. The first-order valence-electron chi connectivity index (χ1n) is 3.45. The highest BCUT2D eigenvalue weighted by atomic mass is 32.1. The Morgan fingerprint density at radius 2 is 2.58 bits per heavy atom. The van der Waals surface area contributed by atoms with Gasteiger partial charge in [0.1, 0.15) is 0 Å². The van der Waals surface area contributed by atoms with Crippen LogP contribution in [0, 0.1) is 11.3 Å². The van der Waals surface area contributed by atoms with Gasteiger partial charge in [-0.1, -0.05) is 6.07 Å². The highest BCUT2D eigenvalue weighted by molar-refractivity contribution is 7.10. The predicted molar refractivity (Wildman–Crippen MR) is 46.5 cm³/mol. The van der Waals surface area contributed by atoms with E-state index in [4.69, 9.17) is 11.0 Å². The summed E-state index contributed by atoms with van der Waals surface area (Å²) in [7, 11) is 0. The van der Waals surface area contributed by atoms with Gasteiger partial charge in [-0.05, 0) is 11.4 Å². The van der Waals surface area contributed by atoms with E-state index < -0.39 is 5.91 Å². The summed E-state index contributed by atoms with van der Waals surface area (Å²) >= 11 is 1.47. The molecule has 2 N–H and O–H groups in total. The Morgan fingerprint density at radius 1 is 1.83 bits per heavy atom. The zero-order chi connectivity index (χ0) is 8.97. The Kier molecular flexibility index (Phi) is 2.83. The van der Waals surface area contributed by atoms with Crippen LogP contribution in [0.4, 0.5) is 0 Å². The molecule has 1 atom stereocenters. The van der Waals surface area contributed by atoms with Crippen LogP contribution >= 0.6 is 11.3 Å². The van der Waals surface area contributed by atoms with Crippen molar-refractivity contribution in [2.75, 3.05) is 0 Å². The number of amides is 1. The minimum absolute atomic E-state index is 0.108. The van der Waals surface area contributed by atoms with Gasteiger partial charge >= 0.3 is 0 Å². The van der Waals surface area contributed by atoms with Crippen molar-refractivity contribution in [2.45, 2.75) is 12.3 Å². The molecule has 0 saturated heterocycles. The van der Waals surface area contributed by atoms with Gasteiger partial charge in [-0.3, -0.25) is 4.79 Å². The van der Waals surface area contributed by atoms with E-state index in [-0.39, 0.29) is 12.3 Å². The number of carbonyl (C=O) groups is 1. The Morgan fingerprint density at radius 3 is 3.00 bits per heavy atom. The van der Waals surface area contributed by atoms with Gasteiger partial charge in [-0.25, -0.2) is 0 Å². The van der Waals surface area contributed by atoms with E-state index >= 15 is 0 Å². The first-order valence-corrected chi connectivity index (χ1v) is 4.33. The number of thiophene rings is 1. The van der Waals surface area contributed by atoms with E-state index in [2.05, 4.69) is 0 Å². The van der Waals surface area contributed by atoms with E-state index in [0.29, 0.717) is 0 Å². The molecular weight excluding hydrogens is 172 g/mol. The lowest BCUT2D eigenvalue weighted by molar-refractivity contribution is -0.118. The van der Waals surface area contributed by atoms with Crippen LogP contribution in [0.3, 0.4) is 0 Å². The Labute approximate surface area is 74.4 Å². The molecule has 0 aliphatic carbocycles. The zero-order valence-electron chi connectivity index (χ0n) is 6.36. The number of hydrogen-bond donors (Lipinski definition) is 1. The van der Waals surface area contributed by atoms with Gasteiger partial charge in [-0.15, -0.1) is 11.3 Å². The van der Waals surface area contributed by atoms with Crippen LogP contribution in [0.1, 0.15) is 17.2 Å². The molecule has 0 aliphatic heterocycles. The van der Waals surface area contributed by atoms with E-state index in [1.807, 2.05) is 23.6 Å². The van der Waals surface area contributed by atoms with Gasteiger partial charge in [0, 0.05) is 11.3 Å². The fourth-order valence-electron chi connectivity index (χ4n) is 0.901. The largest absolute Gasteiger partial charge is 0.370 e. The first kappa shape index (κ1) is 8.75.